The molecule has 5 rings (SSSR count). The highest BCUT2D eigenvalue weighted by Gasteiger charge is 2.65. The summed E-state index contributed by atoms with van der Waals surface area (Å²) < 4.78 is 92.9. The first-order valence-electron chi connectivity index (χ1n) is 12.0. The summed E-state index contributed by atoms with van der Waals surface area (Å²) in [5.74, 6) is -0.146. The third-order valence-corrected chi connectivity index (χ3v) is 10.5. The molecule has 2 aromatic carbocycles. The fourth-order valence-corrected chi connectivity index (χ4v) is 7.46. The zero-order valence-corrected chi connectivity index (χ0v) is 21.7. The molecule has 2 aliphatic rings. The first kappa shape index (κ1) is 26.5. The Balaban J connectivity index is 1.21. The number of halogens is 5. The Morgan fingerprint density at radius 2 is 1.50 bits per heavy atom. The molecule has 38 heavy (non-hydrogen) atoms. The van der Waals surface area contributed by atoms with Crippen LogP contribution >= 0.6 is 10.2 Å². The summed E-state index contributed by atoms with van der Waals surface area (Å²) in [6.45, 7) is 1.22. The van der Waals surface area contributed by atoms with Crippen LogP contribution in [0, 0.1) is 0 Å². The van der Waals surface area contributed by atoms with Gasteiger partial charge in [0.1, 0.15) is 10.6 Å². The SMILES string of the molecule is O=C1NCCn2cc(-c3ccc(S(=O)(=O)C4CCC(Nc5ccc(S(F)(F)(F)(F)F)cc5)CC4)cc3)cc21. The van der Waals surface area contributed by atoms with E-state index in [1.165, 1.54) is 0 Å². The minimum Gasteiger partial charge on any atom is -0.382 e. The van der Waals surface area contributed by atoms with E-state index in [0.717, 1.165) is 23.3 Å². The summed E-state index contributed by atoms with van der Waals surface area (Å²) in [5, 5.41) is 5.20. The fraction of sp³-hybridized carbons (Fsp3) is 0.320. The number of sulfone groups is 1. The van der Waals surface area contributed by atoms with E-state index in [4.69, 9.17) is 0 Å². The predicted octanol–water partition coefficient (Wildman–Crippen LogP) is 6.75. The normalized spacial score (nSPS) is 22.1. The van der Waals surface area contributed by atoms with Crippen molar-refractivity contribution in [2.24, 2.45) is 0 Å². The number of benzene rings is 2. The van der Waals surface area contributed by atoms with Crippen molar-refractivity contribution >= 4 is 31.7 Å². The first-order chi connectivity index (χ1) is 17.6. The molecule has 1 aromatic heterocycles. The van der Waals surface area contributed by atoms with Gasteiger partial charge in [0, 0.05) is 36.6 Å². The molecule has 1 fully saturated rings. The Hall–Kier alpha value is -3.06. The third kappa shape index (κ3) is 5.39. The summed E-state index contributed by atoms with van der Waals surface area (Å²) >= 11 is 0. The molecule has 1 saturated carbocycles. The van der Waals surface area contributed by atoms with E-state index in [1.54, 1.807) is 30.3 Å². The van der Waals surface area contributed by atoms with Gasteiger partial charge >= 0.3 is 10.2 Å². The van der Waals surface area contributed by atoms with Crippen molar-refractivity contribution < 1.29 is 32.6 Å². The summed E-state index contributed by atoms with van der Waals surface area (Å²) in [7, 11) is -13.3. The molecule has 0 atom stereocenters. The van der Waals surface area contributed by atoms with E-state index < -0.39 is 30.2 Å². The number of aromatic nitrogens is 1. The highest BCUT2D eigenvalue weighted by atomic mass is 32.5. The zero-order valence-electron chi connectivity index (χ0n) is 20.0. The number of hydrogen-bond donors (Lipinski definition) is 2. The number of carbonyl (C=O) groups is 1. The number of nitrogens with zero attached hydrogens (tertiary/aromatic N) is 1. The van der Waals surface area contributed by atoms with Crippen molar-refractivity contribution in [1.29, 1.82) is 0 Å². The molecule has 13 heteroatoms. The molecule has 1 aliphatic heterocycles. The molecule has 206 valence electrons. The lowest BCUT2D eigenvalue weighted by Crippen LogP contribution is -2.34. The summed E-state index contributed by atoms with van der Waals surface area (Å²) in [4.78, 5) is 10.3. The molecule has 0 bridgehead atoms. The van der Waals surface area contributed by atoms with Crippen molar-refractivity contribution in [3.05, 3.63) is 66.5 Å². The minimum absolute atomic E-state index is 0.146. The van der Waals surface area contributed by atoms with Crippen molar-refractivity contribution in [3.63, 3.8) is 0 Å². The molecule has 2 heterocycles. The average Bonchev–Trinajstić information content (AvgIpc) is 3.29. The van der Waals surface area contributed by atoms with Crippen LogP contribution in [0.4, 0.5) is 25.1 Å². The Morgan fingerprint density at radius 3 is 2.08 bits per heavy atom. The van der Waals surface area contributed by atoms with E-state index in [9.17, 15) is 32.6 Å². The Morgan fingerprint density at radius 1 is 0.868 bits per heavy atom. The van der Waals surface area contributed by atoms with E-state index in [-0.39, 0.29) is 22.5 Å². The number of anilines is 1. The van der Waals surface area contributed by atoms with Crippen LogP contribution in [-0.4, -0.2) is 36.7 Å². The summed E-state index contributed by atoms with van der Waals surface area (Å²) in [6.07, 6.45) is 3.50. The van der Waals surface area contributed by atoms with Crippen LogP contribution in [0.5, 0.6) is 0 Å². The van der Waals surface area contributed by atoms with Crippen molar-refractivity contribution in [2.45, 2.75) is 53.3 Å². The Labute approximate surface area is 216 Å². The topological polar surface area (TPSA) is 80.2 Å². The molecule has 2 N–H and O–H groups in total. The van der Waals surface area contributed by atoms with Crippen LogP contribution in [0.15, 0.2) is 70.6 Å². The van der Waals surface area contributed by atoms with Crippen LogP contribution in [-0.2, 0) is 16.4 Å². The minimum atomic E-state index is -9.72. The molecular weight excluding hydrogens is 549 g/mol. The van der Waals surface area contributed by atoms with Crippen molar-refractivity contribution in [1.82, 2.24) is 9.88 Å². The predicted molar refractivity (Wildman–Crippen MR) is 137 cm³/mol. The van der Waals surface area contributed by atoms with Gasteiger partial charge in [0.05, 0.1) is 10.1 Å². The van der Waals surface area contributed by atoms with E-state index in [2.05, 4.69) is 10.6 Å². The van der Waals surface area contributed by atoms with Gasteiger partial charge in [-0.05, 0) is 73.7 Å². The maximum atomic E-state index is 13.2. The van der Waals surface area contributed by atoms with Gasteiger partial charge in [-0.25, -0.2) is 8.42 Å². The summed E-state index contributed by atoms with van der Waals surface area (Å²) in [5.41, 5.74) is 2.44. The van der Waals surface area contributed by atoms with Crippen LogP contribution in [0.25, 0.3) is 11.1 Å². The lowest BCUT2D eigenvalue weighted by molar-refractivity contribution is 0.0928. The van der Waals surface area contributed by atoms with Crippen LogP contribution in [0.1, 0.15) is 36.2 Å². The van der Waals surface area contributed by atoms with Crippen molar-refractivity contribution in [2.75, 3.05) is 11.9 Å². The van der Waals surface area contributed by atoms with Gasteiger partial charge in [-0.1, -0.05) is 31.6 Å². The lowest BCUT2D eigenvalue weighted by Gasteiger charge is -2.40. The molecule has 3 aromatic rings. The smallest absolute Gasteiger partial charge is 0.310 e. The van der Waals surface area contributed by atoms with Gasteiger partial charge in [-0.3, -0.25) is 4.79 Å². The first-order valence-corrected chi connectivity index (χ1v) is 15.5. The molecule has 1 amide bonds. The quantitative estimate of drug-likeness (QED) is 0.319. The fourth-order valence-electron chi connectivity index (χ4n) is 5.02. The van der Waals surface area contributed by atoms with Gasteiger partial charge in [-0.2, -0.15) is 0 Å². The number of nitrogens with one attached hydrogen (secondary N) is 2. The second kappa shape index (κ2) is 8.47. The molecule has 0 unspecified atom stereocenters. The Kier molecular flexibility index (Phi) is 5.92. The highest BCUT2D eigenvalue weighted by molar-refractivity contribution is 8.45. The van der Waals surface area contributed by atoms with Gasteiger partial charge in [0.2, 0.25) is 0 Å². The van der Waals surface area contributed by atoms with Gasteiger partial charge < -0.3 is 15.2 Å². The average molecular weight is 576 g/mol. The summed E-state index contributed by atoms with van der Waals surface area (Å²) in [6, 6.07) is 10.8. The van der Waals surface area contributed by atoms with Gasteiger partial charge in [0.25, 0.3) is 5.91 Å². The Bertz CT molecular complexity index is 1480. The number of fused-ring (bicyclic) bond motifs is 1. The number of amides is 1. The van der Waals surface area contributed by atoms with E-state index in [0.29, 0.717) is 56.6 Å². The standard InChI is InChI=1S/C25H26F5N3O3S2/c26-38(27,28,29,30)23-11-5-20(6-12-23)32-19-3-9-22(10-4-19)37(35,36)21-7-1-17(2-8-21)18-15-24-25(34)31-13-14-33(24)16-18/h1-2,5-8,11-12,15-16,19,22,32H,3-4,9-10,13-14H2,(H,31,34). The molecule has 1 aliphatic carbocycles. The molecule has 6 nitrogen and oxygen atoms in total. The number of hydrogen-bond acceptors (Lipinski definition) is 4. The molecule has 0 saturated heterocycles. The van der Waals surface area contributed by atoms with E-state index >= 15 is 0 Å². The van der Waals surface area contributed by atoms with Crippen LogP contribution in [0.3, 0.4) is 0 Å². The second-order valence-corrected chi connectivity index (χ2v) is 14.4. The molecule has 0 spiro atoms. The number of rotatable bonds is 6. The third-order valence-electron chi connectivity index (χ3n) is 7.07. The van der Waals surface area contributed by atoms with E-state index in [1.807, 2.05) is 10.8 Å². The second-order valence-electron chi connectivity index (χ2n) is 9.74. The monoisotopic (exact) mass is 575 g/mol. The van der Waals surface area contributed by atoms with Gasteiger partial charge in [0.15, 0.2) is 9.84 Å². The highest BCUT2D eigenvalue weighted by Crippen LogP contribution is 3.02. The van der Waals surface area contributed by atoms with Crippen LogP contribution < -0.4 is 10.6 Å². The zero-order chi connectivity index (χ0) is 27.4. The van der Waals surface area contributed by atoms with Crippen LogP contribution in [0.2, 0.25) is 0 Å². The maximum Gasteiger partial charge on any atom is 0.310 e. The lowest BCUT2D eigenvalue weighted by atomic mass is 9.95. The molecular formula is C25H26F5N3O3S2. The molecule has 0 radical (unpaired) electrons. The van der Waals surface area contributed by atoms with Crippen molar-refractivity contribution in [3.8, 4) is 11.1 Å². The maximum absolute atomic E-state index is 13.2. The number of carbonyl (C=O) groups excluding carboxylic acids is 1. The van der Waals surface area contributed by atoms with Gasteiger partial charge in [-0.15, -0.1) is 0 Å². The largest absolute Gasteiger partial charge is 0.382 e.